The number of aliphatic carboxylic acids is 1. The predicted molar refractivity (Wildman–Crippen MR) is 126 cm³/mol. The first-order valence-corrected chi connectivity index (χ1v) is 11.6. The zero-order chi connectivity index (χ0) is 25.1. The number of halogens is 2. The van der Waals surface area contributed by atoms with Gasteiger partial charge in [0.2, 0.25) is 0 Å². The van der Waals surface area contributed by atoms with Crippen molar-refractivity contribution in [3.05, 3.63) is 64.5 Å². The van der Waals surface area contributed by atoms with Gasteiger partial charge >= 0.3 is 5.97 Å². The highest BCUT2D eigenvalue weighted by Gasteiger charge is 2.26. The van der Waals surface area contributed by atoms with Crippen LogP contribution in [0.4, 0.5) is 8.78 Å². The molecule has 1 atom stereocenters. The van der Waals surface area contributed by atoms with Gasteiger partial charge in [0.15, 0.2) is 18.2 Å². The number of thiophene rings is 1. The summed E-state index contributed by atoms with van der Waals surface area (Å²) in [6.07, 6.45) is 1.63. The summed E-state index contributed by atoms with van der Waals surface area (Å²) in [5, 5.41) is 17.8. The molecule has 180 valence electrons. The fraction of sp³-hybridized carbons (Fsp3) is 0.240. The number of benzene rings is 2. The number of amides is 1. The van der Waals surface area contributed by atoms with E-state index in [1.165, 1.54) is 24.3 Å². The van der Waals surface area contributed by atoms with Crippen LogP contribution >= 0.6 is 11.3 Å². The Morgan fingerprint density at radius 1 is 1.17 bits per heavy atom. The molecule has 0 radical (unpaired) electrons. The lowest BCUT2D eigenvalue weighted by molar-refractivity contribution is -0.139. The van der Waals surface area contributed by atoms with Crippen molar-refractivity contribution >= 4 is 23.2 Å². The van der Waals surface area contributed by atoms with Gasteiger partial charge in [0, 0.05) is 29.6 Å². The summed E-state index contributed by atoms with van der Waals surface area (Å²) in [5.41, 5.74) is 7.25. The van der Waals surface area contributed by atoms with Gasteiger partial charge in [-0.25, -0.2) is 13.6 Å². The predicted octanol–water partition coefficient (Wildman–Crippen LogP) is 4.26. The maximum absolute atomic E-state index is 14.7. The molecule has 35 heavy (non-hydrogen) atoms. The quantitative estimate of drug-likeness (QED) is 0.526. The minimum absolute atomic E-state index is 0.105. The van der Waals surface area contributed by atoms with Gasteiger partial charge in [0.25, 0.3) is 5.91 Å². The molecule has 1 fully saturated rings. The Balaban J connectivity index is 1.77. The number of hydrogen-bond acceptors (Lipinski definition) is 6. The van der Waals surface area contributed by atoms with Crippen molar-refractivity contribution in [2.75, 3.05) is 19.7 Å². The van der Waals surface area contributed by atoms with Crippen LogP contribution in [0.5, 0.6) is 5.75 Å². The average molecular weight is 498 g/mol. The molecule has 4 rings (SSSR count). The van der Waals surface area contributed by atoms with Crippen LogP contribution in [0.3, 0.4) is 0 Å². The molecule has 1 aromatic heterocycles. The number of nitrogens with two attached hydrogens (primary N) is 1. The SMILES string of the molecule is N#Cc1ccc(-c2cc(C(=O)N3CCC[C@@H](N)C3)sc2-c2ccc(OCC(=O)O)c(F)c2)cc1F. The van der Waals surface area contributed by atoms with E-state index in [-0.39, 0.29) is 23.3 Å². The molecule has 10 heteroatoms. The Bertz CT molecular complexity index is 1330. The first-order chi connectivity index (χ1) is 16.8. The van der Waals surface area contributed by atoms with Crippen molar-refractivity contribution in [3.63, 3.8) is 0 Å². The van der Waals surface area contributed by atoms with E-state index in [2.05, 4.69) is 0 Å². The highest BCUT2D eigenvalue weighted by molar-refractivity contribution is 7.18. The Kier molecular flexibility index (Phi) is 7.10. The van der Waals surface area contributed by atoms with Crippen LogP contribution in [0.2, 0.25) is 0 Å². The second-order valence-corrected chi connectivity index (χ2v) is 9.19. The average Bonchev–Trinajstić information content (AvgIpc) is 3.28. The molecule has 1 aliphatic rings. The van der Waals surface area contributed by atoms with Gasteiger partial charge in [-0.3, -0.25) is 4.79 Å². The van der Waals surface area contributed by atoms with Crippen LogP contribution in [0.25, 0.3) is 21.6 Å². The molecule has 0 spiro atoms. The number of carboxylic acids is 1. The Labute approximate surface area is 204 Å². The normalized spacial score (nSPS) is 15.5. The third-order valence-electron chi connectivity index (χ3n) is 5.63. The van der Waals surface area contributed by atoms with Crippen molar-refractivity contribution in [3.8, 4) is 33.4 Å². The van der Waals surface area contributed by atoms with E-state index in [4.69, 9.17) is 20.8 Å². The molecule has 1 amide bonds. The molecule has 2 heterocycles. The molecule has 0 saturated carbocycles. The molecular weight excluding hydrogens is 476 g/mol. The monoisotopic (exact) mass is 497 g/mol. The second-order valence-electron chi connectivity index (χ2n) is 8.14. The number of nitrogens with zero attached hydrogens (tertiary/aromatic N) is 2. The first-order valence-electron chi connectivity index (χ1n) is 10.8. The highest BCUT2D eigenvalue weighted by Crippen LogP contribution is 2.41. The maximum Gasteiger partial charge on any atom is 0.341 e. The van der Waals surface area contributed by atoms with Crippen LogP contribution in [0.1, 0.15) is 28.1 Å². The standard InChI is InChI=1S/C25H21F2N3O4S/c26-19-8-14(3-4-16(19)11-28)18-10-22(25(33)30-7-1-2-17(29)12-30)35-24(18)15-5-6-21(20(27)9-15)34-13-23(31)32/h3-6,8-10,17H,1-2,7,12-13,29H2,(H,31,32)/t17-/m1/s1. The molecule has 3 N–H and O–H groups in total. The summed E-state index contributed by atoms with van der Waals surface area (Å²) in [6, 6.07) is 11.5. The van der Waals surface area contributed by atoms with E-state index in [0.717, 1.165) is 24.2 Å². The topological polar surface area (TPSA) is 117 Å². The molecule has 0 unspecified atom stereocenters. The van der Waals surface area contributed by atoms with Gasteiger partial charge in [-0.05, 0) is 60.4 Å². The van der Waals surface area contributed by atoms with Gasteiger partial charge < -0.3 is 20.5 Å². The van der Waals surface area contributed by atoms with Crippen LogP contribution in [-0.4, -0.2) is 47.6 Å². The van der Waals surface area contributed by atoms with Crippen LogP contribution in [0.15, 0.2) is 42.5 Å². The fourth-order valence-electron chi connectivity index (χ4n) is 3.95. The summed E-state index contributed by atoms with van der Waals surface area (Å²) in [7, 11) is 0. The molecule has 1 saturated heterocycles. The molecule has 1 aliphatic heterocycles. The number of carbonyl (C=O) groups is 2. The second kappa shape index (κ2) is 10.2. The maximum atomic E-state index is 14.7. The summed E-state index contributed by atoms with van der Waals surface area (Å²) >= 11 is 1.14. The molecular formula is C25H21F2N3O4S. The Morgan fingerprint density at radius 2 is 1.91 bits per heavy atom. The van der Waals surface area contributed by atoms with E-state index >= 15 is 0 Å². The van der Waals surface area contributed by atoms with Crippen molar-refractivity contribution in [1.82, 2.24) is 4.90 Å². The number of carbonyl (C=O) groups excluding carboxylic acids is 1. The largest absolute Gasteiger partial charge is 0.479 e. The third-order valence-corrected chi connectivity index (χ3v) is 6.81. The van der Waals surface area contributed by atoms with E-state index in [9.17, 15) is 18.4 Å². The van der Waals surface area contributed by atoms with Crippen molar-refractivity contribution < 1.29 is 28.2 Å². The molecule has 3 aromatic rings. The van der Waals surface area contributed by atoms with E-state index < -0.39 is 24.2 Å². The highest BCUT2D eigenvalue weighted by atomic mass is 32.1. The lowest BCUT2D eigenvalue weighted by Crippen LogP contribution is -2.45. The summed E-state index contributed by atoms with van der Waals surface area (Å²) in [5.74, 6) is -3.16. The minimum Gasteiger partial charge on any atom is -0.479 e. The minimum atomic E-state index is -1.24. The van der Waals surface area contributed by atoms with Gasteiger partial charge in [0.1, 0.15) is 11.9 Å². The van der Waals surface area contributed by atoms with Crippen molar-refractivity contribution in [2.24, 2.45) is 5.73 Å². The summed E-state index contributed by atoms with van der Waals surface area (Å²) in [4.78, 5) is 26.5. The number of hydrogen-bond donors (Lipinski definition) is 2. The zero-order valence-electron chi connectivity index (χ0n) is 18.5. The van der Waals surface area contributed by atoms with Crippen LogP contribution in [0, 0.1) is 23.0 Å². The fourth-order valence-corrected chi connectivity index (χ4v) is 5.09. The molecule has 0 aliphatic carbocycles. The molecule has 7 nitrogen and oxygen atoms in total. The van der Waals surface area contributed by atoms with E-state index in [1.807, 2.05) is 0 Å². The van der Waals surface area contributed by atoms with Gasteiger partial charge in [-0.2, -0.15) is 5.26 Å². The van der Waals surface area contributed by atoms with Crippen LogP contribution < -0.4 is 10.5 Å². The Hall–Kier alpha value is -3.81. The van der Waals surface area contributed by atoms with Crippen LogP contribution in [-0.2, 0) is 4.79 Å². The number of rotatable bonds is 6. The number of nitriles is 1. The molecule has 2 aromatic carbocycles. The number of ether oxygens (including phenoxy) is 1. The van der Waals surface area contributed by atoms with E-state index in [1.54, 1.807) is 29.2 Å². The smallest absolute Gasteiger partial charge is 0.341 e. The summed E-state index contributed by atoms with van der Waals surface area (Å²) in [6.45, 7) is 0.309. The van der Waals surface area contributed by atoms with Gasteiger partial charge in [-0.1, -0.05) is 6.07 Å². The number of carboxylic acid groups (broad SMARTS) is 1. The third kappa shape index (κ3) is 5.31. The molecule has 0 bridgehead atoms. The summed E-state index contributed by atoms with van der Waals surface area (Å²) < 4.78 is 34.0. The number of piperidine rings is 1. The Morgan fingerprint density at radius 3 is 2.57 bits per heavy atom. The van der Waals surface area contributed by atoms with E-state index in [0.29, 0.717) is 39.5 Å². The van der Waals surface area contributed by atoms with Gasteiger partial charge in [-0.15, -0.1) is 11.3 Å². The zero-order valence-corrected chi connectivity index (χ0v) is 19.3. The van der Waals surface area contributed by atoms with Gasteiger partial charge in [0.05, 0.1) is 10.4 Å². The first kappa shape index (κ1) is 24.3. The number of likely N-dealkylation sites (tertiary alicyclic amines) is 1. The van der Waals surface area contributed by atoms with Crippen molar-refractivity contribution in [1.29, 1.82) is 5.26 Å². The van der Waals surface area contributed by atoms with Crippen molar-refractivity contribution in [2.45, 2.75) is 18.9 Å². The lowest BCUT2D eigenvalue weighted by Gasteiger charge is -2.30. The lowest BCUT2D eigenvalue weighted by atomic mass is 10.0.